The zero-order chi connectivity index (χ0) is 17.8. The molecule has 2 amide bonds. The van der Waals surface area contributed by atoms with Crippen molar-refractivity contribution in [2.45, 2.75) is 18.7 Å². The van der Waals surface area contributed by atoms with Crippen molar-refractivity contribution < 1.29 is 14.0 Å². The summed E-state index contributed by atoms with van der Waals surface area (Å²) < 4.78 is 5.41. The molecule has 0 saturated heterocycles. The van der Waals surface area contributed by atoms with E-state index in [-0.39, 0.29) is 17.6 Å². The number of hydrogen-bond acceptors (Lipinski definition) is 5. The first-order chi connectivity index (χ1) is 12.0. The van der Waals surface area contributed by atoms with Crippen LogP contribution in [0.5, 0.6) is 0 Å². The quantitative estimate of drug-likeness (QED) is 0.680. The summed E-state index contributed by atoms with van der Waals surface area (Å²) in [6.45, 7) is 3.25. The van der Waals surface area contributed by atoms with Gasteiger partial charge in [0, 0.05) is 30.1 Å². The SMILES string of the molecule is CC(=O)Nc1ccc(SCC(=O)Nc2ccc3oc(C)nc3c2)cc1. The lowest BCUT2D eigenvalue weighted by Gasteiger charge is -2.06. The van der Waals surface area contributed by atoms with E-state index in [2.05, 4.69) is 15.6 Å². The molecule has 128 valence electrons. The highest BCUT2D eigenvalue weighted by Crippen LogP contribution is 2.22. The fourth-order valence-corrected chi connectivity index (χ4v) is 3.00. The Morgan fingerprint density at radius 2 is 1.80 bits per heavy atom. The first kappa shape index (κ1) is 17.0. The van der Waals surface area contributed by atoms with E-state index in [1.807, 2.05) is 24.3 Å². The molecule has 1 aromatic heterocycles. The number of hydrogen-bond donors (Lipinski definition) is 2. The van der Waals surface area contributed by atoms with E-state index < -0.39 is 0 Å². The number of thioether (sulfide) groups is 1. The number of fused-ring (bicyclic) bond motifs is 1. The monoisotopic (exact) mass is 355 g/mol. The Kier molecular flexibility index (Phi) is 5.04. The van der Waals surface area contributed by atoms with Gasteiger partial charge in [-0.2, -0.15) is 0 Å². The zero-order valence-corrected chi connectivity index (χ0v) is 14.6. The van der Waals surface area contributed by atoms with Gasteiger partial charge in [-0.1, -0.05) is 0 Å². The molecule has 0 unspecified atom stereocenters. The highest BCUT2D eigenvalue weighted by atomic mass is 32.2. The number of aromatic nitrogens is 1. The third kappa shape index (κ3) is 4.60. The van der Waals surface area contributed by atoms with Crippen LogP contribution in [-0.4, -0.2) is 22.6 Å². The molecule has 0 saturated carbocycles. The smallest absolute Gasteiger partial charge is 0.234 e. The van der Waals surface area contributed by atoms with Gasteiger partial charge in [0.1, 0.15) is 5.52 Å². The van der Waals surface area contributed by atoms with Gasteiger partial charge in [-0.05, 0) is 42.5 Å². The van der Waals surface area contributed by atoms with Gasteiger partial charge < -0.3 is 15.1 Å². The molecule has 25 heavy (non-hydrogen) atoms. The molecule has 7 heteroatoms. The normalized spacial score (nSPS) is 10.6. The summed E-state index contributed by atoms with van der Waals surface area (Å²) in [4.78, 5) is 28.3. The molecule has 0 atom stereocenters. The lowest BCUT2D eigenvalue weighted by Crippen LogP contribution is -2.13. The molecule has 6 nitrogen and oxygen atoms in total. The Morgan fingerprint density at radius 3 is 2.52 bits per heavy atom. The average molecular weight is 355 g/mol. The summed E-state index contributed by atoms with van der Waals surface area (Å²) in [6.07, 6.45) is 0. The highest BCUT2D eigenvalue weighted by Gasteiger charge is 2.07. The van der Waals surface area contributed by atoms with Gasteiger partial charge >= 0.3 is 0 Å². The number of amides is 2. The van der Waals surface area contributed by atoms with E-state index in [0.717, 1.165) is 16.1 Å². The summed E-state index contributed by atoms with van der Waals surface area (Å²) in [7, 11) is 0. The Bertz CT molecular complexity index is 919. The fraction of sp³-hybridized carbons (Fsp3) is 0.167. The van der Waals surface area contributed by atoms with E-state index in [9.17, 15) is 9.59 Å². The van der Waals surface area contributed by atoms with Crippen LogP contribution < -0.4 is 10.6 Å². The predicted octanol–water partition coefficient (Wildman–Crippen LogP) is 3.83. The predicted molar refractivity (Wildman–Crippen MR) is 98.8 cm³/mol. The van der Waals surface area contributed by atoms with Gasteiger partial charge in [0.15, 0.2) is 11.5 Å². The molecule has 0 aliphatic carbocycles. The molecule has 0 spiro atoms. The highest BCUT2D eigenvalue weighted by molar-refractivity contribution is 8.00. The number of benzene rings is 2. The third-order valence-corrected chi connectivity index (χ3v) is 4.33. The largest absolute Gasteiger partial charge is 0.441 e. The van der Waals surface area contributed by atoms with Gasteiger partial charge in [0.25, 0.3) is 0 Å². The van der Waals surface area contributed by atoms with Gasteiger partial charge in [0.2, 0.25) is 11.8 Å². The number of aryl methyl sites for hydroxylation is 1. The molecule has 2 N–H and O–H groups in total. The maximum absolute atomic E-state index is 12.1. The fourth-order valence-electron chi connectivity index (χ4n) is 2.30. The molecule has 0 radical (unpaired) electrons. The Labute approximate surface area is 149 Å². The van der Waals surface area contributed by atoms with E-state index >= 15 is 0 Å². The molecule has 1 heterocycles. The van der Waals surface area contributed by atoms with Crippen molar-refractivity contribution in [1.29, 1.82) is 0 Å². The summed E-state index contributed by atoms with van der Waals surface area (Å²) in [5, 5.41) is 5.56. The average Bonchev–Trinajstić information content (AvgIpc) is 2.93. The van der Waals surface area contributed by atoms with Crippen molar-refractivity contribution in [3.8, 4) is 0 Å². The minimum absolute atomic E-state index is 0.101. The molecule has 3 rings (SSSR count). The first-order valence-electron chi connectivity index (χ1n) is 7.67. The minimum atomic E-state index is -0.112. The maximum atomic E-state index is 12.1. The van der Waals surface area contributed by atoms with Crippen LogP contribution in [0.1, 0.15) is 12.8 Å². The van der Waals surface area contributed by atoms with E-state index in [0.29, 0.717) is 17.2 Å². The summed E-state index contributed by atoms with van der Waals surface area (Å²) in [6, 6.07) is 12.7. The second-order valence-corrected chi connectivity index (χ2v) is 6.51. The van der Waals surface area contributed by atoms with Crippen molar-refractivity contribution >= 4 is 46.1 Å². The van der Waals surface area contributed by atoms with E-state index in [4.69, 9.17) is 4.42 Å². The summed E-state index contributed by atoms with van der Waals surface area (Å²) in [5.41, 5.74) is 2.84. The van der Waals surface area contributed by atoms with Crippen molar-refractivity contribution in [3.05, 3.63) is 48.4 Å². The molecular formula is C18H17N3O3S. The Morgan fingerprint density at radius 1 is 1.08 bits per heavy atom. The number of nitrogens with zero attached hydrogens (tertiary/aromatic N) is 1. The first-order valence-corrected chi connectivity index (χ1v) is 8.66. The zero-order valence-electron chi connectivity index (χ0n) is 13.8. The molecule has 0 fully saturated rings. The molecule has 0 aliphatic rings. The van der Waals surface area contributed by atoms with Crippen LogP contribution in [-0.2, 0) is 9.59 Å². The molecule has 2 aromatic carbocycles. The maximum Gasteiger partial charge on any atom is 0.234 e. The Hall–Kier alpha value is -2.80. The molecule has 0 bridgehead atoms. The van der Waals surface area contributed by atoms with Gasteiger partial charge in [0.05, 0.1) is 5.75 Å². The van der Waals surface area contributed by atoms with Crippen LogP contribution >= 0.6 is 11.8 Å². The molecular weight excluding hydrogens is 338 g/mol. The van der Waals surface area contributed by atoms with E-state index in [1.54, 1.807) is 25.1 Å². The second-order valence-electron chi connectivity index (χ2n) is 5.46. The van der Waals surface area contributed by atoms with Crippen molar-refractivity contribution in [3.63, 3.8) is 0 Å². The Balaban J connectivity index is 1.55. The number of rotatable bonds is 5. The van der Waals surface area contributed by atoms with Crippen LogP contribution in [0.15, 0.2) is 51.8 Å². The van der Waals surface area contributed by atoms with Crippen LogP contribution in [0.2, 0.25) is 0 Å². The van der Waals surface area contributed by atoms with Crippen LogP contribution in [0.3, 0.4) is 0 Å². The van der Waals surface area contributed by atoms with Crippen LogP contribution in [0.25, 0.3) is 11.1 Å². The number of carbonyl (C=O) groups is 2. The van der Waals surface area contributed by atoms with Gasteiger partial charge in [-0.3, -0.25) is 9.59 Å². The third-order valence-electron chi connectivity index (χ3n) is 3.32. The number of carbonyl (C=O) groups excluding carboxylic acids is 2. The van der Waals surface area contributed by atoms with Crippen molar-refractivity contribution in [2.24, 2.45) is 0 Å². The topological polar surface area (TPSA) is 84.2 Å². The summed E-state index contributed by atoms with van der Waals surface area (Å²) >= 11 is 1.42. The number of nitrogens with one attached hydrogen (secondary N) is 2. The van der Waals surface area contributed by atoms with Gasteiger partial charge in [-0.15, -0.1) is 11.8 Å². The van der Waals surface area contributed by atoms with Crippen molar-refractivity contribution in [2.75, 3.05) is 16.4 Å². The lowest BCUT2D eigenvalue weighted by molar-refractivity contribution is -0.114. The number of anilines is 2. The van der Waals surface area contributed by atoms with Gasteiger partial charge in [-0.25, -0.2) is 4.98 Å². The molecule has 0 aliphatic heterocycles. The second kappa shape index (κ2) is 7.40. The molecule has 3 aromatic rings. The van der Waals surface area contributed by atoms with Crippen LogP contribution in [0.4, 0.5) is 11.4 Å². The standard InChI is InChI=1S/C18H17N3O3S/c1-11(22)19-13-3-6-15(7-4-13)25-10-18(23)21-14-5-8-17-16(9-14)20-12(2)24-17/h3-9H,10H2,1-2H3,(H,19,22)(H,21,23). The minimum Gasteiger partial charge on any atom is -0.441 e. The lowest BCUT2D eigenvalue weighted by atomic mass is 10.3. The van der Waals surface area contributed by atoms with E-state index in [1.165, 1.54) is 18.7 Å². The number of oxazole rings is 1. The summed E-state index contributed by atoms with van der Waals surface area (Å²) in [5.74, 6) is 0.668. The van der Waals surface area contributed by atoms with Crippen molar-refractivity contribution in [1.82, 2.24) is 4.98 Å². The van der Waals surface area contributed by atoms with Crippen LogP contribution in [0, 0.1) is 6.92 Å².